The Kier molecular flexibility index (Phi) is 6.70. The molecule has 0 bridgehead atoms. The van der Waals surface area contributed by atoms with Gasteiger partial charge in [-0.25, -0.2) is 8.42 Å². The summed E-state index contributed by atoms with van der Waals surface area (Å²) in [6.45, 7) is 4.71. The Labute approximate surface area is 199 Å². The van der Waals surface area contributed by atoms with E-state index in [1.807, 2.05) is 50.2 Å². The summed E-state index contributed by atoms with van der Waals surface area (Å²) in [5.41, 5.74) is 4.06. The third kappa shape index (κ3) is 5.46. The summed E-state index contributed by atoms with van der Waals surface area (Å²) in [6, 6.07) is 21.0. The number of nitrogens with zero attached hydrogens (tertiary/aromatic N) is 1. The Morgan fingerprint density at radius 3 is 2.29 bits per heavy atom. The van der Waals surface area contributed by atoms with Crippen molar-refractivity contribution in [2.45, 2.75) is 31.7 Å². The van der Waals surface area contributed by atoms with E-state index in [-0.39, 0.29) is 23.1 Å². The van der Waals surface area contributed by atoms with E-state index in [4.69, 9.17) is 0 Å². The number of benzene rings is 3. The van der Waals surface area contributed by atoms with Gasteiger partial charge in [-0.15, -0.1) is 0 Å². The third-order valence-corrected chi connectivity index (χ3v) is 7.39. The number of amides is 2. The van der Waals surface area contributed by atoms with E-state index < -0.39 is 15.9 Å². The maximum absolute atomic E-state index is 12.7. The van der Waals surface area contributed by atoms with Crippen molar-refractivity contribution in [2.75, 3.05) is 16.6 Å². The fourth-order valence-corrected chi connectivity index (χ4v) is 4.93. The number of hydrogen-bond donors (Lipinski definition) is 2. The zero-order valence-electron chi connectivity index (χ0n) is 19.1. The van der Waals surface area contributed by atoms with Crippen LogP contribution in [-0.2, 0) is 26.2 Å². The molecular formula is C26H27N3O4S. The van der Waals surface area contributed by atoms with E-state index in [1.165, 1.54) is 12.1 Å². The van der Waals surface area contributed by atoms with Crippen molar-refractivity contribution in [3.05, 3.63) is 89.5 Å². The van der Waals surface area contributed by atoms with Gasteiger partial charge in [0.25, 0.3) is 10.0 Å². The van der Waals surface area contributed by atoms with Crippen LogP contribution in [0, 0.1) is 19.8 Å². The summed E-state index contributed by atoms with van der Waals surface area (Å²) < 4.78 is 28.0. The molecule has 3 aromatic carbocycles. The molecule has 1 aliphatic rings. The second kappa shape index (κ2) is 9.69. The number of aryl methyl sites for hydroxylation is 2. The molecular weight excluding hydrogens is 450 g/mol. The first kappa shape index (κ1) is 23.5. The lowest BCUT2D eigenvalue weighted by Gasteiger charge is -2.16. The van der Waals surface area contributed by atoms with Gasteiger partial charge in [-0.1, -0.05) is 36.4 Å². The van der Waals surface area contributed by atoms with Crippen LogP contribution in [0.3, 0.4) is 0 Å². The molecule has 8 heteroatoms. The fourth-order valence-electron chi connectivity index (χ4n) is 3.89. The summed E-state index contributed by atoms with van der Waals surface area (Å²) in [4.78, 5) is 26.9. The van der Waals surface area contributed by atoms with Crippen LogP contribution in [0.2, 0.25) is 0 Å². The number of rotatable bonds is 7. The molecule has 0 spiro atoms. The molecule has 176 valence electrons. The average Bonchev–Trinajstić information content (AvgIpc) is 3.17. The normalized spacial score (nSPS) is 15.9. The smallest absolute Gasteiger partial charge is 0.261 e. The Bertz CT molecular complexity index is 1310. The van der Waals surface area contributed by atoms with Crippen LogP contribution in [0.25, 0.3) is 0 Å². The second-order valence-corrected chi connectivity index (χ2v) is 10.3. The zero-order valence-corrected chi connectivity index (χ0v) is 19.9. The summed E-state index contributed by atoms with van der Waals surface area (Å²) in [6.07, 6.45) is 0.158. The SMILES string of the molecule is Cc1ccc(NS(=O)(=O)c2ccc(NC(=O)C3CC(=O)N(Cc4ccccc4)C3)cc2)cc1C. The number of carbonyl (C=O) groups excluding carboxylic acids is 2. The first-order chi connectivity index (χ1) is 16.2. The van der Waals surface area contributed by atoms with Gasteiger partial charge in [0.1, 0.15) is 0 Å². The molecule has 7 nitrogen and oxygen atoms in total. The second-order valence-electron chi connectivity index (χ2n) is 8.58. The molecule has 0 radical (unpaired) electrons. The molecule has 2 amide bonds. The highest BCUT2D eigenvalue weighted by Crippen LogP contribution is 2.24. The van der Waals surface area contributed by atoms with E-state index in [2.05, 4.69) is 10.0 Å². The molecule has 0 aliphatic carbocycles. The van der Waals surface area contributed by atoms with Gasteiger partial charge in [0.05, 0.1) is 10.8 Å². The number of anilines is 2. The minimum absolute atomic E-state index is 0.0529. The molecule has 1 heterocycles. The van der Waals surface area contributed by atoms with Crippen molar-refractivity contribution >= 4 is 33.2 Å². The quantitative estimate of drug-likeness (QED) is 0.536. The molecule has 2 N–H and O–H groups in total. The molecule has 1 fully saturated rings. The predicted octanol–water partition coefficient (Wildman–Crippen LogP) is 4.09. The number of nitrogens with one attached hydrogen (secondary N) is 2. The van der Waals surface area contributed by atoms with E-state index in [9.17, 15) is 18.0 Å². The van der Waals surface area contributed by atoms with Crippen LogP contribution in [0.5, 0.6) is 0 Å². The third-order valence-electron chi connectivity index (χ3n) is 5.99. The van der Waals surface area contributed by atoms with Gasteiger partial charge in [0.2, 0.25) is 11.8 Å². The molecule has 0 aromatic heterocycles. The lowest BCUT2D eigenvalue weighted by molar-refractivity contribution is -0.128. The van der Waals surface area contributed by atoms with Crippen molar-refractivity contribution in [1.82, 2.24) is 4.90 Å². The van der Waals surface area contributed by atoms with Gasteiger partial charge >= 0.3 is 0 Å². The Morgan fingerprint density at radius 1 is 0.941 bits per heavy atom. The minimum Gasteiger partial charge on any atom is -0.338 e. The Hall–Kier alpha value is -3.65. The first-order valence-electron chi connectivity index (χ1n) is 11.0. The molecule has 4 rings (SSSR count). The van der Waals surface area contributed by atoms with Crippen molar-refractivity contribution in [3.8, 4) is 0 Å². The van der Waals surface area contributed by atoms with Crippen LogP contribution < -0.4 is 10.0 Å². The van der Waals surface area contributed by atoms with Crippen LogP contribution in [0.15, 0.2) is 77.7 Å². The van der Waals surface area contributed by atoms with Crippen LogP contribution in [0.4, 0.5) is 11.4 Å². The van der Waals surface area contributed by atoms with Crippen molar-refractivity contribution < 1.29 is 18.0 Å². The molecule has 34 heavy (non-hydrogen) atoms. The van der Waals surface area contributed by atoms with E-state index in [0.717, 1.165) is 16.7 Å². The van der Waals surface area contributed by atoms with E-state index in [0.29, 0.717) is 24.5 Å². The number of likely N-dealkylation sites (tertiary alicyclic amines) is 1. The molecule has 1 unspecified atom stereocenters. The van der Waals surface area contributed by atoms with Crippen LogP contribution in [-0.4, -0.2) is 31.7 Å². The van der Waals surface area contributed by atoms with Crippen molar-refractivity contribution in [2.24, 2.45) is 5.92 Å². The van der Waals surface area contributed by atoms with Gasteiger partial charge in [0.15, 0.2) is 0 Å². The zero-order chi connectivity index (χ0) is 24.3. The van der Waals surface area contributed by atoms with Crippen molar-refractivity contribution in [3.63, 3.8) is 0 Å². The Morgan fingerprint density at radius 2 is 1.62 bits per heavy atom. The molecule has 1 saturated heterocycles. The van der Waals surface area contributed by atoms with Gasteiger partial charge in [-0.2, -0.15) is 0 Å². The molecule has 0 saturated carbocycles. The van der Waals surface area contributed by atoms with E-state index in [1.54, 1.807) is 29.2 Å². The summed E-state index contributed by atoms with van der Waals surface area (Å²) >= 11 is 0. The van der Waals surface area contributed by atoms with Crippen LogP contribution >= 0.6 is 0 Å². The standard InChI is InChI=1S/C26H27N3O4S/c1-18-8-9-23(14-19(18)2)28-34(32,33)24-12-10-22(11-13-24)27-26(31)21-15-25(30)29(17-21)16-20-6-4-3-5-7-20/h3-14,21,28H,15-17H2,1-2H3,(H,27,31). The van der Waals surface area contributed by atoms with Gasteiger partial charge in [0, 0.05) is 30.9 Å². The maximum Gasteiger partial charge on any atom is 0.261 e. The monoisotopic (exact) mass is 477 g/mol. The predicted molar refractivity (Wildman–Crippen MR) is 132 cm³/mol. The highest BCUT2D eigenvalue weighted by Gasteiger charge is 2.34. The lowest BCUT2D eigenvalue weighted by Crippen LogP contribution is -2.28. The number of carbonyl (C=O) groups is 2. The Balaban J connectivity index is 1.37. The summed E-state index contributed by atoms with van der Waals surface area (Å²) in [7, 11) is -3.76. The minimum atomic E-state index is -3.76. The fraction of sp³-hybridized carbons (Fsp3) is 0.231. The molecule has 1 aliphatic heterocycles. The maximum atomic E-state index is 12.7. The number of hydrogen-bond acceptors (Lipinski definition) is 4. The van der Waals surface area contributed by atoms with Gasteiger partial charge < -0.3 is 10.2 Å². The van der Waals surface area contributed by atoms with Gasteiger partial charge in [-0.3, -0.25) is 14.3 Å². The lowest BCUT2D eigenvalue weighted by atomic mass is 10.1. The molecule has 1 atom stereocenters. The topological polar surface area (TPSA) is 95.6 Å². The average molecular weight is 478 g/mol. The van der Waals surface area contributed by atoms with E-state index >= 15 is 0 Å². The van der Waals surface area contributed by atoms with Crippen molar-refractivity contribution in [1.29, 1.82) is 0 Å². The number of sulfonamides is 1. The first-order valence-corrected chi connectivity index (χ1v) is 12.5. The van der Waals surface area contributed by atoms with Gasteiger partial charge in [-0.05, 0) is 66.9 Å². The van der Waals surface area contributed by atoms with Crippen LogP contribution in [0.1, 0.15) is 23.1 Å². The highest BCUT2D eigenvalue weighted by molar-refractivity contribution is 7.92. The molecule has 3 aromatic rings. The largest absolute Gasteiger partial charge is 0.338 e. The highest BCUT2D eigenvalue weighted by atomic mass is 32.2. The summed E-state index contributed by atoms with van der Waals surface area (Å²) in [5.74, 6) is -0.762. The summed E-state index contributed by atoms with van der Waals surface area (Å²) in [5, 5.41) is 2.80.